The Hall–Kier alpha value is -2.95. The second-order valence-electron chi connectivity index (χ2n) is 18.8. The average Bonchev–Trinajstić information content (AvgIpc) is 3.63. The van der Waals surface area contributed by atoms with Gasteiger partial charge in [0.15, 0.2) is 0 Å². The van der Waals surface area contributed by atoms with Crippen molar-refractivity contribution in [3.05, 3.63) is 145 Å². The number of rotatable bonds is 7. The zero-order chi connectivity index (χ0) is 34.8. The van der Waals surface area contributed by atoms with Crippen LogP contribution in [-0.4, -0.2) is 16.1 Å². The minimum Gasteiger partial charge on any atom is -0.103 e. The molecule has 256 valence electrons. The molecule has 0 spiro atoms. The predicted octanol–water partition coefficient (Wildman–Crippen LogP) is 11.6. The molecule has 0 saturated heterocycles. The van der Waals surface area contributed by atoms with Crippen molar-refractivity contribution < 1.29 is 0 Å². The van der Waals surface area contributed by atoms with Gasteiger partial charge in [-0.05, 0) is 80.2 Å². The van der Waals surface area contributed by atoms with Gasteiger partial charge in [-0.15, -0.1) is 6.58 Å². The summed E-state index contributed by atoms with van der Waals surface area (Å²) in [5, 5.41) is 3.31. The summed E-state index contributed by atoms with van der Waals surface area (Å²) >= 11 is 0. The van der Waals surface area contributed by atoms with E-state index in [4.69, 9.17) is 0 Å². The van der Waals surface area contributed by atoms with E-state index in [0.717, 1.165) is 5.54 Å². The highest BCUT2D eigenvalue weighted by atomic mass is 28.3. The Balaban J connectivity index is 1.55. The number of benzene rings is 2. The molecule has 8 unspecified atom stereocenters. The summed E-state index contributed by atoms with van der Waals surface area (Å²) < 4.78 is 0. The number of hydrogen-bond acceptors (Lipinski definition) is 0. The van der Waals surface area contributed by atoms with Gasteiger partial charge >= 0.3 is 0 Å². The fourth-order valence-electron chi connectivity index (χ4n) is 11.3. The Morgan fingerprint density at radius 2 is 1.06 bits per heavy atom. The van der Waals surface area contributed by atoms with Gasteiger partial charge in [-0.2, -0.15) is 0 Å². The summed E-state index contributed by atoms with van der Waals surface area (Å²) in [6.45, 7) is 24.1. The molecule has 49 heavy (non-hydrogen) atoms. The van der Waals surface area contributed by atoms with Crippen LogP contribution in [0.15, 0.2) is 145 Å². The SMILES string of the molecule is C=CC[Si](C)(C)C1CC([Si](c2ccccc2)(c2ccccc2)C2C3C=C(C(C)(C)C)C=CC3C3C=CC(C(C)(C)C)=CC32)C2C=CC=CC21. The molecule has 0 aromatic heterocycles. The van der Waals surface area contributed by atoms with Crippen molar-refractivity contribution in [1.29, 1.82) is 0 Å². The first-order valence-electron chi connectivity index (χ1n) is 19.2. The van der Waals surface area contributed by atoms with Gasteiger partial charge in [-0.1, -0.05) is 199 Å². The molecule has 0 amide bonds. The molecule has 2 fully saturated rings. The summed E-state index contributed by atoms with van der Waals surface area (Å²) in [7, 11) is -4.18. The Labute approximate surface area is 300 Å². The lowest BCUT2D eigenvalue weighted by Gasteiger charge is -2.50. The molecular formula is C47H60Si2. The van der Waals surface area contributed by atoms with Crippen LogP contribution in [-0.2, 0) is 0 Å². The topological polar surface area (TPSA) is 0 Å². The molecule has 0 heterocycles. The van der Waals surface area contributed by atoms with Crippen molar-refractivity contribution in [3.8, 4) is 0 Å². The lowest BCUT2D eigenvalue weighted by atomic mass is 9.74. The van der Waals surface area contributed by atoms with Crippen molar-refractivity contribution >= 4 is 26.5 Å². The number of allylic oxidation sites excluding steroid dienone is 13. The zero-order valence-electron chi connectivity index (χ0n) is 31.4. The van der Waals surface area contributed by atoms with Crippen LogP contribution in [0.1, 0.15) is 48.0 Å². The highest BCUT2D eigenvalue weighted by Crippen LogP contribution is 2.67. The first-order valence-corrected chi connectivity index (χ1v) is 24.6. The van der Waals surface area contributed by atoms with Crippen molar-refractivity contribution in [2.45, 2.75) is 83.7 Å². The maximum absolute atomic E-state index is 4.28. The van der Waals surface area contributed by atoms with Crippen LogP contribution in [0.4, 0.5) is 0 Å². The van der Waals surface area contributed by atoms with Crippen molar-refractivity contribution in [2.24, 2.45) is 46.3 Å². The highest BCUT2D eigenvalue weighted by molar-refractivity contribution is 7.04. The molecule has 2 aromatic carbocycles. The molecule has 7 rings (SSSR count). The van der Waals surface area contributed by atoms with E-state index in [1.807, 2.05) is 0 Å². The van der Waals surface area contributed by atoms with Gasteiger partial charge in [-0.3, -0.25) is 0 Å². The summed E-state index contributed by atoms with van der Waals surface area (Å²) in [4.78, 5) is 0. The monoisotopic (exact) mass is 680 g/mol. The fraction of sp³-hybridized carbons (Fsp3) is 0.447. The summed E-state index contributed by atoms with van der Waals surface area (Å²) in [5.74, 6) is 3.22. The van der Waals surface area contributed by atoms with Gasteiger partial charge in [0.1, 0.15) is 8.07 Å². The smallest absolute Gasteiger partial charge is 0.103 e. The molecule has 0 nitrogen and oxygen atoms in total. The maximum Gasteiger partial charge on any atom is 0.125 e. The van der Waals surface area contributed by atoms with Crippen LogP contribution in [0.25, 0.3) is 0 Å². The minimum atomic E-state index is -2.57. The van der Waals surface area contributed by atoms with Gasteiger partial charge in [0.2, 0.25) is 0 Å². The third-order valence-corrected chi connectivity index (χ3v) is 23.7. The zero-order valence-corrected chi connectivity index (χ0v) is 33.4. The van der Waals surface area contributed by atoms with Gasteiger partial charge in [-0.25, -0.2) is 0 Å². The largest absolute Gasteiger partial charge is 0.125 e. The molecule has 2 saturated carbocycles. The van der Waals surface area contributed by atoms with E-state index in [1.165, 1.54) is 23.6 Å². The molecule has 8 atom stereocenters. The quantitative estimate of drug-likeness (QED) is 0.202. The first-order chi connectivity index (χ1) is 23.3. The Bertz CT molecular complexity index is 1630. The molecule has 5 aliphatic rings. The van der Waals surface area contributed by atoms with Crippen LogP contribution >= 0.6 is 0 Å². The fourth-order valence-corrected chi connectivity index (χ4v) is 22.2. The lowest BCUT2D eigenvalue weighted by molar-refractivity contribution is 0.433. The van der Waals surface area contributed by atoms with Crippen LogP contribution in [0.2, 0.25) is 35.8 Å². The van der Waals surface area contributed by atoms with E-state index in [0.29, 0.717) is 46.6 Å². The van der Waals surface area contributed by atoms with Crippen LogP contribution < -0.4 is 10.4 Å². The summed E-state index contributed by atoms with van der Waals surface area (Å²) in [5.41, 5.74) is 5.18. The van der Waals surface area contributed by atoms with Gasteiger partial charge in [0.05, 0.1) is 8.07 Å². The van der Waals surface area contributed by atoms with E-state index < -0.39 is 16.1 Å². The number of hydrogen-bond donors (Lipinski definition) is 0. The van der Waals surface area contributed by atoms with E-state index in [2.05, 4.69) is 189 Å². The van der Waals surface area contributed by atoms with Crippen LogP contribution in [0, 0.1) is 46.3 Å². The molecule has 5 aliphatic carbocycles. The molecule has 2 aromatic rings. The standard InChI is InChI=1S/C47H60Si2/c1-10-29-48(8,9)43-32-44(40-24-18-17-23-39(40)43)49(35-19-13-11-14-20-35,36-21-15-12-16-22-36)45-41-30-33(46(2,3)4)25-27-37(41)38-28-26-34(31-42(38)45)47(5,6)7/h10-28,30-31,37-45H,1,29,32H2,2-9H3. The summed E-state index contributed by atoms with van der Waals surface area (Å²) in [6.07, 6.45) is 29.6. The van der Waals surface area contributed by atoms with Crippen LogP contribution in [0.5, 0.6) is 0 Å². The second kappa shape index (κ2) is 12.7. The molecule has 0 N–H and O–H groups in total. The van der Waals surface area contributed by atoms with E-state index in [9.17, 15) is 0 Å². The predicted molar refractivity (Wildman–Crippen MR) is 219 cm³/mol. The molecule has 0 radical (unpaired) electrons. The van der Waals surface area contributed by atoms with Gasteiger partial charge in [0, 0.05) is 0 Å². The van der Waals surface area contributed by atoms with E-state index in [-0.39, 0.29) is 10.8 Å². The molecule has 0 aliphatic heterocycles. The second-order valence-corrected chi connectivity index (χ2v) is 28.2. The van der Waals surface area contributed by atoms with Gasteiger partial charge < -0.3 is 0 Å². The minimum absolute atomic E-state index is 0.118. The summed E-state index contributed by atoms with van der Waals surface area (Å²) in [6, 6.07) is 25.4. The molecule has 0 bridgehead atoms. The Morgan fingerprint density at radius 1 is 0.612 bits per heavy atom. The first kappa shape index (κ1) is 34.5. The Kier molecular flexibility index (Phi) is 8.92. The third-order valence-electron chi connectivity index (χ3n) is 13.6. The van der Waals surface area contributed by atoms with Crippen molar-refractivity contribution in [3.63, 3.8) is 0 Å². The Morgan fingerprint density at radius 3 is 1.49 bits per heavy atom. The molecule has 2 heteroatoms. The maximum atomic E-state index is 4.28. The number of fused-ring (bicyclic) bond motifs is 4. The normalized spacial score (nSPS) is 32.3. The third kappa shape index (κ3) is 5.79. The van der Waals surface area contributed by atoms with Gasteiger partial charge in [0.25, 0.3) is 0 Å². The van der Waals surface area contributed by atoms with Crippen molar-refractivity contribution in [1.82, 2.24) is 0 Å². The lowest BCUT2D eigenvalue weighted by Crippen LogP contribution is -2.67. The average molecular weight is 681 g/mol. The highest BCUT2D eigenvalue weighted by Gasteiger charge is 2.65. The van der Waals surface area contributed by atoms with Crippen LogP contribution in [0.3, 0.4) is 0 Å². The van der Waals surface area contributed by atoms with Crippen molar-refractivity contribution in [2.75, 3.05) is 0 Å². The molecular weight excluding hydrogens is 621 g/mol. The van der Waals surface area contributed by atoms with E-state index in [1.54, 1.807) is 10.4 Å². The van der Waals surface area contributed by atoms with E-state index >= 15 is 0 Å².